The van der Waals surface area contributed by atoms with E-state index in [4.69, 9.17) is 0 Å². The zero-order valence-electron chi connectivity index (χ0n) is 34.7. The highest BCUT2D eigenvalue weighted by Crippen LogP contribution is 2.14. The molecular weight excluding hydrogens is 767 g/mol. The Kier molecular flexibility index (Phi) is 18.6. The third-order valence-electron chi connectivity index (χ3n) is 10.7. The lowest BCUT2D eigenvalue weighted by Crippen LogP contribution is -2.60. The van der Waals surface area contributed by atoms with Crippen LogP contribution in [0.1, 0.15) is 69.1 Å². The molecule has 322 valence electrons. The van der Waals surface area contributed by atoms with Crippen LogP contribution in [0.4, 0.5) is 4.79 Å². The molecule has 15 nitrogen and oxygen atoms in total. The topological polar surface area (TPSA) is 215 Å². The van der Waals surface area contributed by atoms with Crippen LogP contribution >= 0.6 is 0 Å². The Hall–Kier alpha value is -6.25. The van der Waals surface area contributed by atoms with Crippen LogP contribution in [0.3, 0.4) is 0 Å². The number of likely N-dealkylation sites (N-methyl/N-ethyl adjacent to an activating group) is 1. The van der Waals surface area contributed by atoms with Gasteiger partial charge in [-0.05, 0) is 67.6 Å². The van der Waals surface area contributed by atoms with Gasteiger partial charge in [0.1, 0.15) is 30.2 Å². The molecule has 4 rings (SSSR count). The Labute approximate surface area is 351 Å². The van der Waals surface area contributed by atoms with Crippen LogP contribution < -0.4 is 31.9 Å². The van der Waals surface area contributed by atoms with Crippen molar-refractivity contribution in [1.29, 1.82) is 0 Å². The largest absolute Gasteiger partial charge is 0.480 e. The van der Waals surface area contributed by atoms with E-state index in [-0.39, 0.29) is 38.8 Å². The number of carbonyl (C=O) groups excluding carboxylic acids is 6. The molecule has 1 aliphatic heterocycles. The molecule has 0 radical (unpaired) electrons. The molecule has 3 aromatic rings. The fourth-order valence-electron chi connectivity index (χ4n) is 6.94. The molecule has 1 fully saturated rings. The van der Waals surface area contributed by atoms with Gasteiger partial charge < -0.3 is 41.9 Å². The number of nitrogens with zero attached hydrogens (tertiary/aromatic N) is 1. The van der Waals surface area contributed by atoms with Crippen LogP contribution in [0.25, 0.3) is 0 Å². The number of aryl methyl sites for hydroxylation is 2. The number of carboxylic acids is 1. The number of carbonyl (C=O) groups is 7. The van der Waals surface area contributed by atoms with Crippen molar-refractivity contribution in [2.75, 3.05) is 20.1 Å². The molecule has 3 aromatic carbocycles. The summed E-state index contributed by atoms with van der Waals surface area (Å²) in [6, 6.07) is 21.2. The fraction of sp³-hybridized carbons (Fsp3) is 0.444. The van der Waals surface area contributed by atoms with Gasteiger partial charge in [-0.3, -0.25) is 24.0 Å². The Morgan fingerprint density at radius 1 is 0.750 bits per heavy atom. The van der Waals surface area contributed by atoms with Gasteiger partial charge in [-0.2, -0.15) is 0 Å². The Morgan fingerprint density at radius 3 is 1.88 bits per heavy atom. The van der Waals surface area contributed by atoms with Gasteiger partial charge in [0.25, 0.3) is 0 Å². The second-order valence-corrected chi connectivity index (χ2v) is 15.3. The summed E-state index contributed by atoms with van der Waals surface area (Å²) in [6.45, 7) is 3.45. The van der Waals surface area contributed by atoms with E-state index < -0.39 is 77.7 Å². The number of carboxylic acid groups (broad SMARTS) is 1. The van der Waals surface area contributed by atoms with Gasteiger partial charge in [0.2, 0.25) is 29.5 Å². The van der Waals surface area contributed by atoms with Crippen molar-refractivity contribution in [3.8, 4) is 0 Å². The van der Waals surface area contributed by atoms with Gasteiger partial charge in [0, 0.05) is 20.0 Å². The summed E-state index contributed by atoms with van der Waals surface area (Å²) in [6.07, 6.45) is 2.67. The highest BCUT2D eigenvalue weighted by molar-refractivity contribution is 5.96. The van der Waals surface area contributed by atoms with E-state index in [1.165, 1.54) is 11.9 Å². The molecule has 7 N–H and O–H groups in total. The second-order valence-electron chi connectivity index (χ2n) is 15.3. The van der Waals surface area contributed by atoms with Crippen LogP contribution in [-0.4, -0.2) is 102 Å². The standard InChI is InChI=1S/C45H59N7O8/c1-4-30(2)39-42(56)48-36(26-24-32-18-10-6-11-19-32)43(57)52(3)29-38(53)47-35(25-23-31-16-8-5-9-17-31)40(54)46-27-15-14-22-34(41(55)51-39)49-45(60)50-37(44(58)59)28-33-20-12-7-13-21-33/h5-13,16-21,30,34-37,39H,4,14-15,22-29H2,1-3H3,(H,46,54)(H,47,53)(H,48,56)(H,51,55)(H,58,59)(H2,49,50,60)/t30-,34-,35+,36+,37+,39+/m1/s1. The number of nitrogens with one attached hydrogen (secondary N) is 6. The van der Waals surface area contributed by atoms with Gasteiger partial charge in [-0.1, -0.05) is 111 Å². The number of rotatable bonds is 13. The van der Waals surface area contributed by atoms with Crippen LogP contribution in [0.15, 0.2) is 91.0 Å². The smallest absolute Gasteiger partial charge is 0.326 e. The Balaban J connectivity index is 1.61. The molecule has 1 aliphatic rings. The zero-order valence-corrected chi connectivity index (χ0v) is 34.7. The van der Waals surface area contributed by atoms with Crippen molar-refractivity contribution >= 4 is 41.5 Å². The summed E-state index contributed by atoms with van der Waals surface area (Å²) >= 11 is 0. The van der Waals surface area contributed by atoms with E-state index in [1.54, 1.807) is 37.3 Å². The van der Waals surface area contributed by atoms with E-state index in [9.17, 15) is 38.7 Å². The molecule has 1 saturated heterocycles. The zero-order chi connectivity index (χ0) is 43.4. The van der Waals surface area contributed by atoms with Gasteiger partial charge in [-0.15, -0.1) is 0 Å². The Bertz CT molecular complexity index is 1880. The lowest BCUT2D eigenvalue weighted by molar-refractivity contribution is -0.140. The summed E-state index contributed by atoms with van der Waals surface area (Å²) < 4.78 is 0. The molecule has 6 atom stereocenters. The van der Waals surface area contributed by atoms with Crippen molar-refractivity contribution in [3.05, 3.63) is 108 Å². The molecule has 0 saturated carbocycles. The predicted molar refractivity (Wildman–Crippen MR) is 226 cm³/mol. The van der Waals surface area contributed by atoms with E-state index >= 15 is 0 Å². The minimum absolute atomic E-state index is 0.00254. The summed E-state index contributed by atoms with van der Waals surface area (Å²) in [5, 5.41) is 26.3. The van der Waals surface area contributed by atoms with Crippen LogP contribution in [0.5, 0.6) is 0 Å². The molecular formula is C45H59N7O8. The lowest BCUT2D eigenvalue weighted by Gasteiger charge is -2.30. The van der Waals surface area contributed by atoms with E-state index in [2.05, 4.69) is 31.9 Å². The Morgan fingerprint density at radius 2 is 1.32 bits per heavy atom. The number of aliphatic carboxylic acids is 1. The molecule has 7 amide bonds. The first-order chi connectivity index (χ1) is 28.8. The summed E-state index contributed by atoms with van der Waals surface area (Å²) in [5.41, 5.74) is 2.59. The van der Waals surface area contributed by atoms with Gasteiger partial charge >= 0.3 is 12.0 Å². The maximum atomic E-state index is 14.1. The SMILES string of the molecule is CC[C@@H](C)[C@@H]1NC(=O)[C@H](NC(=O)N[C@@H](Cc2ccccc2)C(=O)O)CCCCNC(=O)[C@H](CCc2ccccc2)NC(=O)CN(C)C(=O)[C@H](CCc2ccccc2)NC1=O. The molecule has 0 bridgehead atoms. The first kappa shape index (κ1) is 46.4. The maximum absolute atomic E-state index is 14.1. The number of hydrogen-bond acceptors (Lipinski definition) is 7. The van der Waals surface area contributed by atoms with Crippen LogP contribution in [0.2, 0.25) is 0 Å². The van der Waals surface area contributed by atoms with E-state index in [0.717, 1.165) is 11.1 Å². The first-order valence-electron chi connectivity index (χ1n) is 20.7. The van der Waals surface area contributed by atoms with Gasteiger partial charge in [0.15, 0.2) is 0 Å². The fourth-order valence-corrected chi connectivity index (χ4v) is 6.94. The van der Waals surface area contributed by atoms with Crippen LogP contribution in [-0.2, 0) is 48.0 Å². The predicted octanol–water partition coefficient (Wildman–Crippen LogP) is 2.87. The summed E-state index contributed by atoms with van der Waals surface area (Å²) in [7, 11) is 1.45. The third-order valence-corrected chi connectivity index (χ3v) is 10.7. The summed E-state index contributed by atoms with van der Waals surface area (Å²) in [4.78, 5) is 95.9. The first-order valence-corrected chi connectivity index (χ1v) is 20.7. The molecule has 1 heterocycles. The molecule has 0 spiro atoms. The normalized spacial score (nSPS) is 21.1. The van der Waals surface area contributed by atoms with Crippen molar-refractivity contribution < 1.29 is 38.7 Å². The van der Waals surface area contributed by atoms with E-state index in [0.29, 0.717) is 37.7 Å². The second kappa shape index (κ2) is 24.0. The van der Waals surface area contributed by atoms with Crippen molar-refractivity contribution in [2.45, 2.75) is 102 Å². The van der Waals surface area contributed by atoms with E-state index in [1.807, 2.05) is 67.6 Å². The van der Waals surface area contributed by atoms with Gasteiger partial charge in [-0.25, -0.2) is 9.59 Å². The quantitative estimate of drug-likeness (QED) is 0.136. The van der Waals surface area contributed by atoms with Crippen molar-refractivity contribution in [3.63, 3.8) is 0 Å². The molecule has 0 aliphatic carbocycles. The monoisotopic (exact) mass is 825 g/mol. The van der Waals surface area contributed by atoms with Crippen molar-refractivity contribution in [1.82, 2.24) is 36.8 Å². The molecule has 0 unspecified atom stereocenters. The highest BCUT2D eigenvalue weighted by atomic mass is 16.4. The third kappa shape index (κ3) is 15.2. The van der Waals surface area contributed by atoms with Crippen molar-refractivity contribution in [2.24, 2.45) is 5.92 Å². The highest BCUT2D eigenvalue weighted by Gasteiger charge is 2.34. The maximum Gasteiger partial charge on any atom is 0.326 e. The molecule has 60 heavy (non-hydrogen) atoms. The summed E-state index contributed by atoms with van der Waals surface area (Å²) in [5.74, 6) is -4.46. The number of urea groups is 1. The lowest BCUT2D eigenvalue weighted by atomic mass is 9.96. The average molecular weight is 826 g/mol. The molecule has 15 heteroatoms. The minimum Gasteiger partial charge on any atom is -0.480 e. The molecule has 0 aromatic heterocycles. The minimum atomic E-state index is -1.30. The van der Waals surface area contributed by atoms with Gasteiger partial charge in [0.05, 0.1) is 6.54 Å². The average Bonchev–Trinajstić information content (AvgIpc) is 3.24. The number of benzene rings is 3. The number of amides is 7. The number of hydrogen-bond donors (Lipinski definition) is 7. The van der Waals surface area contributed by atoms with Crippen LogP contribution in [0, 0.1) is 5.92 Å².